The van der Waals surface area contributed by atoms with Crippen LogP contribution < -0.4 is 9.46 Å². The molecule has 1 saturated heterocycles. The van der Waals surface area contributed by atoms with Gasteiger partial charge in [0.1, 0.15) is 16.7 Å². The summed E-state index contributed by atoms with van der Waals surface area (Å²) in [5.74, 6) is -0.447. The van der Waals surface area contributed by atoms with Gasteiger partial charge in [0.25, 0.3) is 10.0 Å². The number of nitrogens with zero attached hydrogens (tertiary/aromatic N) is 3. The Hall–Kier alpha value is -2.57. The molecule has 0 radical (unpaired) electrons. The number of likely N-dealkylation sites (tertiary alicyclic amines) is 1. The highest BCUT2D eigenvalue weighted by Crippen LogP contribution is 2.39. The van der Waals surface area contributed by atoms with Crippen molar-refractivity contribution in [3.8, 4) is 5.75 Å². The SMILES string of the molecule is CN1CCC(Oc2cc(NS(=O)(=O)c3ccc(Cl)c4nonc34)ccc2C(F)(F)F)C1. The first-order valence-corrected chi connectivity index (χ1v) is 10.9. The smallest absolute Gasteiger partial charge is 0.419 e. The van der Waals surface area contributed by atoms with Crippen molar-refractivity contribution in [2.24, 2.45) is 0 Å². The Kier molecular flexibility index (Phi) is 5.48. The van der Waals surface area contributed by atoms with Crippen LogP contribution in [0.15, 0.2) is 39.9 Å². The number of alkyl halides is 3. The minimum Gasteiger partial charge on any atom is -0.488 e. The van der Waals surface area contributed by atoms with Gasteiger partial charge >= 0.3 is 6.18 Å². The van der Waals surface area contributed by atoms with Crippen LogP contribution in [-0.2, 0) is 16.2 Å². The monoisotopic (exact) mass is 476 g/mol. The number of aromatic nitrogens is 2. The summed E-state index contributed by atoms with van der Waals surface area (Å²) in [6.07, 6.45) is -4.53. The van der Waals surface area contributed by atoms with Crippen molar-refractivity contribution >= 4 is 38.3 Å². The van der Waals surface area contributed by atoms with E-state index in [0.717, 1.165) is 18.2 Å². The van der Waals surface area contributed by atoms with Gasteiger partial charge in [-0.1, -0.05) is 11.6 Å². The first-order valence-electron chi connectivity index (χ1n) is 9.04. The van der Waals surface area contributed by atoms with Crippen LogP contribution in [0.25, 0.3) is 11.0 Å². The number of likely N-dealkylation sites (N-methyl/N-ethyl adjacent to an activating group) is 1. The summed E-state index contributed by atoms with van der Waals surface area (Å²) in [6.45, 7) is 1.16. The van der Waals surface area contributed by atoms with E-state index in [2.05, 4.69) is 19.7 Å². The number of fused-ring (bicyclic) bond motifs is 1. The maximum Gasteiger partial charge on any atom is 0.419 e. The highest BCUT2D eigenvalue weighted by atomic mass is 35.5. The van der Waals surface area contributed by atoms with Gasteiger partial charge in [-0.2, -0.15) is 13.2 Å². The number of benzene rings is 2. The standard InChI is InChI=1S/C18H16ClF3N4O4S/c1-26-7-6-11(9-26)29-14-8-10(2-3-12(14)18(20,21)22)25-31(27,28)15-5-4-13(19)16-17(15)24-30-23-16/h2-5,8,11,25H,6-7,9H2,1H3. The van der Waals surface area contributed by atoms with E-state index in [0.29, 0.717) is 19.5 Å². The lowest BCUT2D eigenvalue weighted by molar-refractivity contribution is -0.139. The number of sulfonamides is 1. The Labute approximate surface area is 179 Å². The molecular weight excluding hydrogens is 461 g/mol. The summed E-state index contributed by atoms with van der Waals surface area (Å²) >= 11 is 5.95. The zero-order chi connectivity index (χ0) is 22.4. The first kappa shape index (κ1) is 21.7. The van der Waals surface area contributed by atoms with Gasteiger partial charge in [0.2, 0.25) is 0 Å². The van der Waals surface area contributed by atoms with Gasteiger partial charge in [-0.15, -0.1) is 0 Å². The second kappa shape index (κ2) is 7.84. The van der Waals surface area contributed by atoms with Gasteiger partial charge in [-0.05, 0) is 48.0 Å². The summed E-state index contributed by atoms with van der Waals surface area (Å²) in [5, 5.41) is 7.26. The van der Waals surface area contributed by atoms with E-state index < -0.39 is 33.6 Å². The van der Waals surface area contributed by atoms with Gasteiger partial charge in [-0.3, -0.25) is 4.72 Å². The number of hydrogen-bond donors (Lipinski definition) is 1. The van der Waals surface area contributed by atoms with E-state index in [9.17, 15) is 21.6 Å². The molecule has 31 heavy (non-hydrogen) atoms. The predicted molar refractivity (Wildman–Crippen MR) is 106 cm³/mol. The van der Waals surface area contributed by atoms with E-state index in [1.807, 2.05) is 11.9 Å². The van der Waals surface area contributed by atoms with Gasteiger partial charge < -0.3 is 9.64 Å². The molecule has 3 aromatic rings. The lowest BCUT2D eigenvalue weighted by atomic mass is 10.1. The van der Waals surface area contributed by atoms with Crippen molar-refractivity contribution in [1.82, 2.24) is 15.2 Å². The minimum absolute atomic E-state index is 0.0475. The average molecular weight is 477 g/mol. The van der Waals surface area contributed by atoms with Crippen LogP contribution in [0.3, 0.4) is 0 Å². The number of anilines is 1. The van der Waals surface area contributed by atoms with Crippen molar-refractivity contribution in [2.45, 2.75) is 23.6 Å². The van der Waals surface area contributed by atoms with Crippen LogP contribution in [0.1, 0.15) is 12.0 Å². The maximum atomic E-state index is 13.4. The molecule has 13 heteroatoms. The van der Waals surface area contributed by atoms with Crippen molar-refractivity contribution in [3.63, 3.8) is 0 Å². The fourth-order valence-corrected chi connectivity index (χ4v) is 4.70. The molecule has 166 valence electrons. The topological polar surface area (TPSA) is 97.6 Å². The van der Waals surface area contributed by atoms with Crippen molar-refractivity contribution < 1.29 is 31.0 Å². The zero-order valence-corrected chi connectivity index (χ0v) is 17.6. The van der Waals surface area contributed by atoms with Crippen molar-refractivity contribution in [3.05, 3.63) is 40.9 Å². The highest BCUT2D eigenvalue weighted by Gasteiger charge is 2.36. The lowest BCUT2D eigenvalue weighted by Crippen LogP contribution is -2.23. The molecule has 4 rings (SSSR count). The van der Waals surface area contributed by atoms with E-state index in [4.69, 9.17) is 16.3 Å². The third kappa shape index (κ3) is 4.41. The number of hydrogen-bond acceptors (Lipinski definition) is 7. The molecule has 0 aliphatic carbocycles. The minimum atomic E-state index is -4.66. The van der Waals surface area contributed by atoms with Crippen LogP contribution in [0.4, 0.5) is 18.9 Å². The van der Waals surface area contributed by atoms with E-state index in [1.165, 1.54) is 12.1 Å². The fourth-order valence-electron chi connectivity index (χ4n) is 3.33. The zero-order valence-electron chi connectivity index (χ0n) is 16.0. The summed E-state index contributed by atoms with van der Waals surface area (Å²) in [5.41, 5.74) is -1.14. The Morgan fingerprint density at radius 2 is 1.97 bits per heavy atom. The van der Waals surface area contributed by atoms with Gasteiger partial charge in [0, 0.05) is 19.2 Å². The van der Waals surface area contributed by atoms with Crippen LogP contribution in [-0.4, -0.2) is 49.9 Å². The van der Waals surface area contributed by atoms with E-state index >= 15 is 0 Å². The first-order chi connectivity index (χ1) is 14.5. The largest absolute Gasteiger partial charge is 0.488 e. The molecule has 0 spiro atoms. The molecule has 1 N–H and O–H groups in total. The third-order valence-corrected chi connectivity index (χ3v) is 6.52. The average Bonchev–Trinajstić information content (AvgIpc) is 3.30. The number of ether oxygens (including phenoxy) is 1. The fraction of sp³-hybridized carbons (Fsp3) is 0.333. The molecule has 8 nitrogen and oxygen atoms in total. The Bertz CT molecular complexity index is 1230. The molecule has 2 heterocycles. The Morgan fingerprint density at radius 3 is 2.65 bits per heavy atom. The van der Waals surface area contributed by atoms with E-state index in [-0.39, 0.29) is 26.6 Å². The molecule has 1 atom stereocenters. The Morgan fingerprint density at radius 1 is 1.23 bits per heavy atom. The number of nitrogens with one attached hydrogen (secondary N) is 1. The van der Waals surface area contributed by atoms with Gasteiger partial charge in [0.05, 0.1) is 16.3 Å². The van der Waals surface area contributed by atoms with Crippen LogP contribution in [0.5, 0.6) is 5.75 Å². The molecule has 1 aliphatic rings. The van der Waals surface area contributed by atoms with Crippen molar-refractivity contribution in [2.75, 3.05) is 24.9 Å². The Balaban J connectivity index is 1.68. The molecule has 1 fully saturated rings. The van der Waals surface area contributed by atoms with Crippen molar-refractivity contribution in [1.29, 1.82) is 0 Å². The molecule has 2 aromatic carbocycles. The van der Waals surface area contributed by atoms with Crippen LogP contribution in [0.2, 0.25) is 5.02 Å². The van der Waals surface area contributed by atoms with Gasteiger partial charge in [0.15, 0.2) is 11.0 Å². The summed E-state index contributed by atoms with van der Waals surface area (Å²) in [4.78, 5) is 1.65. The number of rotatable bonds is 5. The molecular formula is C18H16ClF3N4O4S. The van der Waals surface area contributed by atoms with E-state index in [1.54, 1.807) is 0 Å². The second-order valence-corrected chi connectivity index (χ2v) is 9.17. The molecule has 1 aliphatic heterocycles. The molecule has 1 unspecified atom stereocenters. The quantitative estimate of drug-likeness (QED) is 0.598. The molecule has 0 bridgehead atoms. The van der Waals surface area contributed by atoms with Gasteiger partial charge in [-0.25, -0.2) is 13.0 Å². The molecule has 0 saturated carbocycles. The maximum absolute atomic E-state index is 13.4. The second-order valence-electron chi connectivity index (χ2n) is 7.11. The third-order valence-electron chi connectivity index (χ3n) is 4.80. The van der Waals surface area contributed by atoms with Crippen LogP contribution in [0, 0.1) is 0 Å². The summed E-state index contributed by atoms with van der Waals surface area (Å²) in [6, 6.07) is 5.32. The van der Waals surface area contributed by atoms with Crippen LogP contribution >= 0.6 is 11.6 Å². The summed E-state index contributed by atoms with van der Waals surface area (Å²) in [7, 11) is -2.41. The summed E-state index contributed by atoms with van der Waals surface area (Å²) < 4.78 is 78.5. The normalized spacial score (nSPS) is 17.9. The number of halogens is 4. The lowest BCUT2D eigenvalue weighted by Gasteiger charge is -2.19. The molecule has 1 aromatic heterocycles. The predicted octanol–water partition coefficient (Wildman–Crippen LogP) is 3.78. The molecule has 0 amide bonds. The highest BCUT2D eigenvalue weighted by molar-refractivity contribution is 7.93.